The zero-order valence-corrected chi connectivity index (χ0v) is 18.9. The quantitative estimate of drug-likeness (QED) is 0.424. The third kappa shape index (κ3) is 5.01. The van der Waals surface area contributed by atoms with Crippen LogP contribution in [-0.2, 0) is 9.59 Å². The molecular weight excluding hydrogens is 444 g/mol. The van der Waals surface area contributed by atoms with E-state index in [4.69, 9.17) is 14.2 Å². The first-order valence-electron chi connectivity index (χ1n) is 10.5. The maximum atomic E-state index is 13.2. The first-order valence-corrected chi connectivity index (χ1v) is 10.5. The van der Waals surface area contributed by atoms with Gasteiger partial charge >= 0.3 is 12.0 Å². The summed E-state index contributed by atoms with van der Waals surface area (Å²) >= 11 is 0. The minimum atomic E-state index is -1.18. The van der Waals surface area contributed by atoms with E-state index in [0.717, 1.165) is 11.3 Å². The highest BCUT2D eigenvalue weighted by Crippen LogP contribution is 2.34. The molecule has 2 aromatic carbocycles. The van der Waals surface area contributed by atoms with Gasteiger partial charge in [-0.05, 0) is 49.8 Å². The van der Waals surface area contributed by atoms with Gasteiger partial charge in [0.2, 0.25) is 0 Å². The van der Waals surface area contributed by atoms with Crippen molar-refractivity contribution in [1.29, 1.82) is 0 Å². The molecule has 178 valence electrons. The topological polar surface area (TPSA) is 131 Å². The highest BCUT2D eigenvalue weighted by molar-refractivity contribution is 6.39. The largest absolute Gasteiger partial charge is 0.493 e. The number of nitrogens with one attached hydrogen (secondary N) is 1. The lowest BCUT2D eigenvalue weighted by Crippen LogP contribution is -2.54. The molecule has 34 heavy (non-hydrogen) atoms. The second-order valence-corrected chi connectivity index (χ2v) is 7.13. The molecule has 1 aliphatic rings. The summed E-state index contributed by atoms with van der Waals surface area (Å²) < 4.78 is 16.4. The maximum Gasteiger partial charge on any atom is 0.335 e. The van der Waals surface area contributed by atoms with Gasteiger partial charge in [-0.15, -0.1) is 0 Å². The van der Waals surface area contributed by atoms with Gasteiger partial charge in [-0.3, -0.25) is 14.9 Å². The summed E-state index contributed by atoms with van der Waals surface area (Å²) in [5.74, 6) is -1.96. The molecule has 0 bridgehead atoms. The van der Waals surface area contributed by atoms with Crippen LogP contribution < -0.4 is 24.4 Å². The molecule has 0 spiro atoms. The van der Waals surface area contributed by atoms with E-state index >= 15 is 0 Å². The molecule has 0 aliphatic carbocycles. The fourth-order valence-electron chi connectivity index (χ4n) is 3.26. The number of ether oxygens (including phenoxy) is 3. The molecule has 2 aromatic rings. The Morgan fingerprint density at radius 1 is 1.03 bits per heavy atom. The number of carboxylic acid groups (broad SMARTS) is 1. The van der Waals surface area contributed by atoms with Crippen molar-refractivity contribution >= 4 is 35.6 Å². The van der Waals surface area contributed by atoms with Crippen LogP contribution in [0.15, 0.2) is 42.0 Å². The summed E-state index contributed by atoms with van der Waals surface area (Å²) in [7, 11) is 1.43. The maximum absolute atomic E-state index is 13.2. The van der Waals surface area contributed by atoms with E-state index in [1.54, 1.807) is 13.0 Å². The number of hydrogen-bond donors (Lipinski definition) is 2. The SMILES string of the molecule is CCCOc1ccc(N2C(=O)NC(=O)/C(=C\c3cc(C(=O)O)ccc3OCC)C2=O)cc1OC. The van der Waals surface area contributed by atoms with Crippen LogP contribution in [0.5, 0.6) is 17.2 Å². The van der Waals surface area contributed by atoms with Crippen molar-refractivity contribution < 1.29 is 38.5 Å². The van der Waals surface area contributed by atoms with Crippen molar-refractivity contribution in [2.45, 2.75) is 20.3 Å². The Morgan fingerprint density at radius 3 is 2.41 bits per heavy atom. The number of imide groups is 2. The van der Waals surface area contributed by atoms with Crippen LogP contribution in [0.3, 0.4) is 0 Å². The molecule has 10 heteroatoms. The van der Waals surface area contributed by atoms with E-state index in [1.165, 1.54) is 43.5 Å². The molecule has 3 rings (SSSR count). The standard InChI is InChI=1S/C24H24N2O8/c1-4-10-34-19-9-7-16(13-20(19)32-3)26-22(28)17(21(27)25-24(26)31)12-15-11-14(23(29)30)6-8-18(15)33-5-2/h6-9,11-13H,4-5,10H2,1-3H3,(H,29,30)(H,25,27,31)/b17-12+. The number of amides is 4. The Balaban J connectivity index is 2.04. The van der Waals surface area contributed by atoms with E-state index in [2.05, 4.69) is 5.32 Å². The Labute approximate surface area is 195 Å². The lowest BCUT2D eigenvalue weighted by molar-refractivity contribution is -0.122. The molecule has 1 fully saturated rings. The van der Waals surface area contributed by atoms with E-state index < -0.39 is 23.8 Å². The predicted octanol–water partition coefficient (Wildman–Crippen LogP) is 3.25. The Kier molecular flexibility index (Phi) is 7.52. The number of carbonyl (C=O) groups is 4. The van der Waals surface area contributed by atoms with Gasteiger partial charge in [-0.2, -0.15) is 0 Å². The number of hydrogen-bond acceptors (Lipinski definition) is 7. The van der Waals surface area contributed by atoms with Crippen LogP contribution in [0.1, 0.15) is 36.2 Å². The zero-order chi connectivity index (χ0) is 24.8. The molecule has 1 saturated heterocycles. The molecule has 10 nitrogen and oxygen atoms in total. The number of nitrogens with zero attached hydrogens (tertiary/aromatic N) is 1. The van der Waals surface area contributed by atoms with Gasteiger partial charge in [0.1, 0.15) is 11.3 Å². The lowest BCUT2D eigenvalue weighted by atomic mass is 10.0. The molecule has 0 atom stereocenters. The summed E-state index contributed by atoms with van der Waals surface area (Å²) in [6, 6.07) is 7.65. The van der Waals surface area contributed by atoms with Gasteiger partial charge in [-0.25, -0.2) is 14.5 Å². The Morgan fingerprint density at radius 2 is 1.76 bits per heavy atom. The Hall–Kier alpha value is -4.34. The number of aromatic carboxylic acids is 1. The number of carbonyl (C=O) groups excluding carboxylic acids is 3. The smallest absolute Gasteiger partial charge is 0.335 e. The highest BCUT2D eigenvalue weighted by atomic mass is 16.5. The molecule has 1 heterocycles. The number of barbiturate groups is 1. The van der Waals surface area contributed by atoms with Crippen molar-refractivity contribution in [2.24, 2.45) is 0 Å². The van der Waals surface area contributed by atoms with Crippen LogP contribution in [0.2, 0.25) is 0 Å². The van der Waals surface area contributed by atoms with E-state index in [-0.39, 0.29) is 34.7 Å². The highest BCUT2D eigenvalue weighted by Gasteiger charge is 2.37. The Bertz CT molecular complexity index is 1170. The van der Waals surface area contributed by atoms with Crippen LogP contribution in [-0.4, -0.2) is 49.2 Å². The van der Waals surface area contributed by atoms with Gasteiger partial charge in [-0.1, -0.05) is 6.92 Å². The number of carboxylic acids is 1. The second-order valence-electron chi connectivity index (χ2n) is 7.13. The first kappa shape index (κ1) is 24.3. The number of rotatable bonds is 9. The molecule has 2 N–H and O–H groups in total. The van der Waals surface area contributed by atoms with Crippen molar-refractivity contribution in [3.63, 3.8) is 0 Å². The molecule has 1 aliphatic heterocycles. The van der Waals surface area contributed by atoms with Gasteiger partial charge in [0.25, 0.3) is 11.8 Å². The van der Waals surface area contributed by atoms with E-state index in [0.29, 0.717) is 18.1 Å². The fourth-order valence-corrected chi connectivity index (χ4v) is 3.26. The van der Waals surface area contributed by atoms with E-state index in [9.17, 15) is 24.3 Å². The average Bonchev–Trinajstić information content (AvgIpc) is 2.81. The normalized spacial score (nSPS) is 14.7. The molecule has 0 aromatic heterocycles. The van der Waals surface area contributed by atoms with E-state index in [1.807, 2.05) is 6.92 Å². The van der Waals surface area contributed by atoms with Crippen molar-refractivity contribution in [3.8, 4) is 17.2 Å². The summed E-state index contributed by atoms with van der Waals surface area (Å²) in [5, 5.41) is 11.4. The average molecular weight is 468 g/mol. The monoisotopic (exact) mass is 468 g/mol. The fraction of sp³-hybridized carbons (Fsp3) is 0.250. The summed E-state index contributed by atoms with van der Waals surface area (Å²) in [6.07, 6.45) is 1.98. The van der Waals surface area contributed by atoms with Crippen molar-refractivity contribution in [1.82, 2.24) is 5.32 Å². The van der Waals surface area contributed by atoms with Gasteiger partial charge in [0, 0.05) is 11.6 Å². The minimum Gasteiger partial charge on any atom is -0.493 e. The van der Waals surface area contributed by atoms with Gasteiger partial charge < -0.3 is 19.3 Å². The number of anilines is 1. The van der Waals surface area contributed by atoms with Gasteiger partial charge in [0.15, 0.2) is 11.5 Å². The van der Waals surface area contributed by atoms with Crippen molar-refractivity contribution in [2.75, 3.05) is 25.2 Å². The molecule has 0 radical (unpaired) electrons. The van der Waals surface area contributed by atoms with Crippen molar-refractivity contribution in [3.05, 3.63) is 53.1 Å². The number of urea groups is 1. The van der Waals surface area contributed by atoms with Crippen LogP contribution >= 0.6 is 0 Å². The third-order valence-corrected chi connectivity index (χ3v) is 4.83. The summed E-state index contributed by atoms with van der Waals surface area (Å²) in [4.78, 5) is 50.5. The molecule has 4 amide bonds. The van der Waals surface area contributed by atoms with Crippen LogP contribution in [0.25, 0.3) is 6.08 Å². The minimum absolute atomic E-state index is 0.0562. The van der Waals surface area contributed by atoms with Gasteiger partial charge in [0.05, 0.1) is 31.6 Å². The molecule has 0 saturated carbocycles. The van der Waals surface area contributed by atoms with Crippen LogP contribution in [0.4, 0.5) is 10.5 Å². The zero-order valence-electron chi connectivity index (χ0n) is 18.9. The first-order chi connectivity index (χ1) is 16.3. The second kappa shape index (κ2) is 10.5. The predicted molar refractivity (Wildman–Crippen MR) is 122 cm³/mol. The van der Waals surface area contributed by atoms with Crippen LogP contribution in [0, 0.1) is 0 Å². The lowest BCUT2D eigenvalue weighted by Gasteiger charge is -2.27. The molecular formula is C24H24N2O8. The third-order valence-electron chi connectivity index (χ3n) is 4.83. The molecule has 0 unspecified atom stereocenters. The number of methoxy groups -OCH3 is 1. The number of benzene rings is 2. The summed E-state index contributed by atoms with van der Waals surface area (Å²) in [5.41, 5.74) is -0.0611. The summed E-state index contributed by atoms with van der Waals surface area (Å²) in [6.45, 7) is 4.42.